The standard InChI is InChI=1S/C18H18N4O2/c19-11-1-5-13(6-2-11)23-17-15(21)9-10-16(22)18(17)24-14-7-3-12(20)4-8-14/h1-10H,19-22H2. The summed E-state index contributed by atoms with van der Waals surface area (Å²) in [5, 5.41) is 0. The minimum atomic E-state index is 0.344. The van der Waals surface area contributed by atoms with Crippen LogP contribution in [0.4, 0.5) is 22.7 Å². The van der Waals surface area contributed by atoms with E-state index in [2.05, 4.69) is 0 Å². The van der Waals surface area contributed by atoms with Gasteiger partial charge in [-0.05, 0) is 60.7 Å². The van der Waals surface area contributed by atoms with E-state index < -0.39 is 0 Å². The van der Waals surface area contributed by atoms with Crippen molar-refractivity contribution in [3.8, 4) is 23.0 Å². The number of hydrogen-bond acceptors (Lipinski definition) is 6. The van der Waals surface area contributed by atoms with Crippen molar-refractivity contribution in [3.05, 3.63) is 60.7 Å². The summed E-state index contributed by atoms with van der Waals surface area (Å²) in [4.78, 5) is 0. The van der Waals surface area contributed by atoms with Gasteiger partial charge in [-0.2, -0.15) is 0 Å². The molecule has 0 atom stereocenters. The SMILES string of the molecule is Nc1ccc(Oc2c(N)ccc(N)c2Oc2ccc(N)cc2)cc1. The van der Waals surface area contributed by atoms with Crippen LogP contribution < -0.4 is 32.4 Å². The molecule has 6 nitrogen and oxygen atoms in total. The molecular weight excluding hydrogens is 304 g/mol. The van der Waals surface area contributed by atoms with E-state index >= 15 is 0 Å². The van der Waals surface area contributed by atoms with E-state index in [4.69, 9.17) is 32.4 Å². The highest BCUT2D eigenvalue weighted by molar-refractivity contribution is 5.72. The van der Waals surface area contributed by atoms with Crippen LogP contribution in [-0.4, -0.2) is 0 Å². The highest BCUT2D eigenvalue weighted by atomic mass is 16.5. The van der Waals surface area contributed by atoms with Crippen LogP contribution in [0.3, 0.4) is 0 Å². The lowest BCUT2D eigenvalue weighted by Crippen LogP contribution is -2.00. The van der Waals surface area contributed by atoms with Gasteiger partial charge in [-0.1, -0.05) is 0 Å². The quantitative estimate of drug-likeness (QED) is 0.544. The highest BCUT2D eigenvalue weighted by Gasteiger charge is 2.15. The smallest absolute Gasteiger partial charge is 0.194 e. The molecule has 6 heteroatoms. The Labute approximate surface area is 139 Å². The Morgan fingerprint density at radius 3 is 1.12 bits per heavy atom. The van der Waals surface area contributed by atoms with E-state index in [-0.39, 0.29) is 0 Å². The minimum absolute atomic E-state index is 0.344. The molecule has 0 amide bonds. The van der Waals surface area contributed by atoms with Gasteiger partial charge in [0.05, 0.1) is 11.4 Å². The Bertz CT molecular complexity index is 774. The van der Waals surface area contributed by atoms with Gasteiger partial charge in [-0.3, -0.25) is 0 Å². The van der Waals surface area contributed by atoms with Gasteiger partial charge in [-0.15, -0.1) is 0 Å². The third kappa shape index (κ3) is 3.27. The zero-order chi connectivity index (χ0) is 17.1. The molecule has 8 N–H and O–H groups in total. The lowest BCUT2D eigenvalue weighted by atomic mass is 10.2. The normalized spacial score (nSPS) is 10.3. The molecule has 0 fully saturated rings. The molecule has 0 saturated heterocycles. The van der Waals surface area contributed by atoms with Crippen LogP contribution in [-0.2, 0) is 0 Å². The van der Waals surface area contributed by atoms with Gasteiger partial charge in [0.15, 0.2) is 11.5 Å². The van der Waals surface area contributed by atoms with Crippen molar-refractivity contribution < 1.29 is 9.47 Å². The molecule has 0 saturated carbocycles. The molecule has 0 aromatic heterocycles. The number of ether oxygens (including phenoxy) is 2. The Morgan fingerprint density at radius 1 is 0.458 bits per heavy atom. The summed E-state index contributed by atoms with van der Waals surface area (Å²) in [7, 11) is 0. The van der Waals surface area contributed by atoms with Crippen molar-refractivity contribution in [3.63, 3.8) is 0 Å². The fourth-order valence-electron chi connectivity index (χ4n) is 2.11. The van der Waals surface area contributed by atoms with Gasteiger partial charge in [0.1, 0.15) is 11.5 Å². The lowest BCUT2D eigenvalue weighted by Gasteiger charge is -2.16. The van der Waals surface area contributed by atoms with E-state index in [0.29, 0.717) is 45.7 Å². The van der Waals surface area contributed by atoms with E-state index in [1.807, 2.05) is 0 Å². The van der Waals surface area contributed by atoms with E-state index in [1.54, 1.807) is 60.7 Å². The summed E-state index contributed by atoms with van der Waals surface area (Å²) in [5.74, 6) is 1.83. The first-order chi connectivity index (χ1) is 11.5. The summed E-state index contributed by atoms with van der Waals surface area (Å²) in [6.45, 7) is 0. The van der Waals surface area contributed by atoms with Crippen molar-refractivity contribution >= 4 is 22.7 Å². The fraction of sp³-hybridized carbons (Fsp3) is 0. The maximum Gasteiger partial charge on any atom is 0.194 e. The first-order valence-electron chi connectivity index (χ1n) is 7.27. The molecule has 3 aromatic carbocycles. The minimum Gasteiger partial charge on any atom is -0.451 e. The predicted molar refractivity (Wildman–Crippen MR) is 97.1 cm³/mol. The van der Waals surface area contributed by atoms with Crippen LogP contribution in [0.5, 0.6) is 23.0 Å². The molecule has 0 spiro atoms. The van der Waals surface area contributed by atoms with Crippen LogP contribution in [0.2, 0.25) is 0 Å². The second-order valence-corrected chi connectivity index (χ2v) is 5.24. The van der Waals surface area contributed by atoms with Gasteiger partial charge < -0.3 is 32.4 Å². The molecule has 0 heterocycles. The summed E-state index contributed by atoms with van der Waals surface area (Å²) >= 11 is 0. The number of anilines is 4. The molecule has 24 heavy (non-hydrogen) atoms. The Balaban J connectivity index is 1.97. The number of hydrogen-bond donors (Lipinski definition) is 4. The maximum atomic E-state index is 6.04. The first kappa shape index (κ1) is 15.4. The molecule has 0 aliphatic carbocycles. The largest absolute Gasteiger partial charge is 0.451 e. The topological polar surface area (TPSA) is 123 Å². The molecule has 0 aliphatic rings. The first-order valence-corrected chi connectivity index (χ1v) is 7.27. The predicted octanol–water partition coefficient (Wildman–Crippen LogP) is 3.60. The van der Waals surface area contributed by atoms with Crippen molar-refractivity contribution in [2.75, 3.05) is 22.9 Å². The number of nitrogens with two attached hydrogens (primary N) is 4. The Hall–Kier alpha value is -3.54. The number of benzene rings is 3. The molecular formula is C18H18N4O2. The summed E-state index contributed by atoms with van der Waals surface area (Å²) in [6, 6.07) is 17.2. The molecule has 0 bridgehead atoms. The molecule has 0 radical (unpaired) electrons. The maximum absolute atomic E-state index is 6.04. The van der Waals surface area contributed by atoms with Crippen LogP contribution in [0.1, 0.15) is 0 Å². The number of nitrogen functional groups attached to an aromatic ring is 4. The average Bonchev–Trinajstić information content (AvgIpc) is 2.58. The fourth-order valence-corrected chi connectivity index (χ4v) is 2.11. The second-order valence-electron chi connectivity index (χ2n) is 5.24. The summed E-state index contributed by atoms with van der Waals surface area (Å²) in [5.41, 5.74) is 25.5. The molecule has 0 aliphatic heterocycles. The van der Waals surface area contributed by atoms with Gasteiger partial charge in [0.2, 0.25) is 0 Å². The van der Waals surface area contributed by atoms with E-state index in [0.717, 1.165) is 0 Å². The van der Waals surface area contributed by atoms with Gasteiger partial charge >= 0.3 is 0 Å². The molecule has 122 valence electrons. The van der Waals surface area contributed by atoms with Gasteiger partial charge in [0, 0.05) is 11.4 Å². The van der Waals surface area contributed by atoms with E-state index in [9.17, 15) is 0 Å². The Morgan fingerprint density at radius 2 is 0.792 bits per heavy atom. The van der Waals surface area contributed by atoms with Crippen LogP contribution in [0, 0.1) is 0 Å². The van der Waals surface area contributed by atoms with Crippen LogP contribution >= 0.6 is 0 Å². The Kier molecular flexibility index (Phi) is 4.03. The third-order valence-corrected chi connectivity index (χ3v) is 3.37. The highest BCUT2D eigenvalue weighted by Crippen LogP contribution is 2.43. The van der Waals surface area contributed by atoms with Crippen molar-refractivity contribution in [1.82, 2.24) is 0 Å². The zero-order valence-electron chi connectivity index (χ0n) is 12.9. The molecule has 3 rings (SSSR count). The van der Waals surface area contributed by atoms with Crippen LogP contribution in [0.15, 0.2) is 60.7 Å². The van der Waals surface area contributed by atoms with Gasteiger partial charge in [-0.25, -0.2) is 0 Å². The van der Waals surface area contributed by atoms with Crippen molar-refractivity contribution in [1.29, 1.82) is 0 Å². The monoisotopic (exact) mass is 322 g/mol. The average molecular weight is 322 g/mol. The molecule has 0 unspecified atom stereocenters. The van der Waals surface area contributed by atoms with Crippen LogP contribution in [0.25, 0.3) is 0 Å². The number of rotatable bonds is 4. The molecule has 3 aromatic rings. The second kappa shape index (κ2) is 6.29. The summed E-state index contributed by atoms with van der Waals surface area (Å²) < 4.78 is 11.7. The lowest BCUT2D eigenvalue weighted by molar-refractivity contribution is 0.422. The summed E-state index contributed by atoms with van der Waals surface area (Å²) in [6.07, 6.45) is 0. The third-order valence-electron chi connectivity index (χ3n) is 3.37. The van der Waals surface area contributed by atoms with Crippen molar-refractivity contribution in [2.45, 2.75) is 0 Å². The van der Waals surface area contributed by atoms with Crippen molar-refractivity contribution in [2.24, 2.45) is 0 Å². The zero-order valence-corrected chi connectivity index (χ0v) is 12.9. The van der Waals surface area contributed by atoms with Gasteiger partial charge in [0.25, 0.3) is 0 Å². The van der Waals surface area contributed by atoms with E-state index in [1.165, 1.54) is 0 Å².